The fraction of sp³-hybridized carbons (Fsp3) is 0.739. The molecule has 13 nitrogen and oxygen atoms in total. The number of carbonyl (C=O) groups excluding carboxylic acids is 6. The van der Waals surface area contributed by atoms with Crippen LogP contribution in [-0.4, -0.2) is 70.8 Å². The summed E-state index contributed by atoms with van der Waals surface area (Å²) >= 11 is 0. The van der Waals surface area contributed by atoms with Crippen LogP contribution >= 0.6 is 0 Å². The molecule has 36 heavy (non-hydrogen) atoms. The van der Waals surface area contributed by atoms with Crippen LogP contribution in [0.1, 0.15) is 67.2 Å². The third-order valence-corrected chi connectivity index (χ3v) is 5.33. The number of nitrogens with two attached hydrogens (primary N) is 2. The number of carbonyl (C=O) groups is 6. The minimum absolute atomic E-state index is 0.0401. The zero-order valence-corrected chi connectivity index (χ0v) is 21.9. The highest BCUT2D eigenvalue weighted by atomic mass is 16.3. The predicted molar refractivity (Wildman–Crippen MR) is 132 cm³/mol. The number of aliphatic hydroxyl groups excluding tert-OH is 1. The zero-order chi connectivity index (χ0) is 28.2. The van der Waals surface area contributed by atoms with E-state index in [1.807, 2.05) is 13.8 Å². The van der Waals surface area contributed by atoms with E-state index in [-0.39, 0.29) is 31.1 Å². The maximum Gasteiger partial charge on any atom is 0.243 e. The fourth-order valence-electron chi connectivity index (χ4n) is 3.44. The zero-order valence-electron chi connectivity index (χ0n) is 21.9. The Labute approximate surface area is 211 Å². The van der Waals surface area contributed by atoms with Crippen molar-refractivity contribution in [3.8, 4) is 0 Å². The predicted octanol–water partition coefficient (Wildman–Crippen LogP) is -1.83. The molecule has 0 aromatic carbocycles. The van der Waals surface area contributed by atoms with Gasteiger partial charge in [0.15, 0.2) is 0 Å². The quantitative estimate of drug-likeness (QED) is 0.125. The molecule has 5 atom stereocenters. The highest BCUT2D eigenvalue weighted by Crippen LogP contribution is 2.12. The number of amides is 6. The van der Waals surface area contributed by atoms with Crippen molar-refractivity contribution >= 4 is 35.4 Å². The summed E-state index contributed by atoms with van der Waals surface area (Å²) in [6, 6.07) is -3.85. The van der Waals surface area contributed by atoms with Crippen LogP contribution in [0.15, 0.2) is 0 Å². The summed E-state index contributed by atoms with van der Waals surface area (Å²) in [5.74, 6) is -3.94. The van der Waals surface area contributed by atoms with Crippen LogP contribution in [0.3, 0.4) is 0 Å². The van der Waals surface area contributed by atoms with Gasteiger partial charge in [-0.05, 0) is 31.6 Å². The maximum absolute atomic E-state index is 12.8. The van der Waals surface area contributed by atoms with Crippen LogP contribution < -0.4 is 32.7 Å². The minimum Gasteiger partial charge on any atom is -0.390 e. The van der Waals surface area contributed by atoms with E-state index in [9.17, 15) is 33.9 Å². The van der Waals surface area contributed by atoms with E-state index in [2.05, 4.69) is 21.3 Å². The number of rotatable bonds is 16. The molecular formula is C23H42N6O7. The SMILES string of the molecule is CC(=O)N[C@@H](CCC(N)=O)C(=O)N[C@@H](C)C(=O)N[C@@H](CC(C)C)[C@@H](O)CC(=O)N[C@H](C(N)=O)C(C)C. The first kappa shape index (κ1) is 32.8. The lowest BCUT2D eigenvalue weighted by molar-refractivity contribution is -0.133. The normalized spacial score (nSPS) is 15.2. The summed E-state index contributed by atoms with van der Waals surface area (Å²) in [4.78, 5) is 71.7. The number of primary amides is 2. The van der Waals surface area contributed by atoms with Crippen molar-refractivity contribution in [2.45, 2.75) is 97.5 Å². The Kier molecular flexibility index (Phi) is 14.3. The van der Waals surface area contributed by atoms with Gasteiger partial charge in [-0.15, -0.1) is 0 Å². The lowest BCUT2D eigenvalue weighted by atomic mass is 9.96. The van der Waals surface area contributed by atoms with Crippen LogP contribution in [0.4, 0.5) is 0 Å². The second-order valence-corrected chi connectivity index (χ2v) is 9.70. The van der Waals surface area contributed by atoms with Gasteiger partial charge < -0.3 is 37.8 Å². The Morgan fingerprint density at radius 1 is 0.833 bits per heavy atom. The lowest BCUT2D eigenvalue weighted by Crippen LogP contribution is -2.56. The van der Waals surface area contributed by atoms with Crippen molar-refractivity contribution in [3.05, 3.63) is 0 Å². The van der Waals surface area contributed by atoms with E-state index in [0.717, 1.165) is 0 Å². The molecule has 6 amide bonds. The van der Waals surface area contributed by atoms with Crippen LogP contribution in [0.2, 0.25) is 0 Å². The summed E-state index contributed by atoms with van der Waals surface area (Å²) in [6.45, 7) is 9.80. The molecule has 0 saturated heterocycles. The highest BCUT2D eigenvalue weighted by Gasteiger charge is 2.30. The molecule has 206 valence electrons. The molecule has 0 aliphatic heterocycles. The fourth-order valence-corrected chi connectivity index (χ4v) is 3.44. The number of nitrogens with one attached hydrogen (secondary N) is 4. The molecule has 0 heterocycles. The van der Waals surface area contributed by atoms with Gasteiger partial charge in [-0.2, -0.15) is 0 Å². The molecule has 0 aromatic heterocycles. The van der Waals surface area contributed by atoms with Crippen molar-refractivity contribution in [1.82, 2.24) is 21.3 Å². The second-order valence-electron chi connectivity index (χ2n) is 9.70. The smallest absolute Gasteiger partial charge is 0.243 e. The average Bonchev–Trinajstić information content (AvgIpc) is 2.72. The van der Waals surface area contributed by atoms with Gasteiger partial charge >= 0.3 is 0 Å². The Hall–Kier alpha value is -3.22. The number of hydrogen-bond donors (Lipinski definition) is 7. The van der Waals surface area contributed by atoms with E-state index in [4.69, 9.17) is 11.5 Å². The van der Waals surface area contributed by atoms with E-state index in [1.165, 1.54) is 13.8 Å². The Morgan fingerprint density at radius 3 is 1.86 bits per heavy atom. The van der Waals surface area contributed by atoms with Crippen molar-refractivity contribution in [3.63, 3.8) is 0 Å². The molecule has 9 N–H and O–H groups in total. The van der Waals surface area contributed by atoms with E-state index in [0.29, 0.717) is 6.42 Å². The second kappa shape index (κ2) is 15.7. The van der Waals surface area contributed by atoms with Gasteiger partial charge in [-0.3, -0.25) is 28.8 Å². The first-order chi connectivity index (χ1) is 16.5. The molecule has 0 rings (SSSR count). The third-order valence-electron chi connectivity index (χ3n) is 5.33. The monoisotopic (exact) mass is 514 g/mol. The molecule has 0 fully saturated rings. The molecule has 0 aliphatic rings. The van der Waals surface area contributed by atoms with Gasteiger partial charge in [0, 0.05) is 13.3 Å². The number of hydrogen-bond acceptors (Lipinski definition) is 7. The van der Waals surface area contributed by atoms with Gasteiger partial charge in [0.1, 0.15) is 18.1 Å². The Bertz CT molecular complexity index is 802. The topological polar surface area (TPSA) is 223 Å². The van der Waals surface area contributed by atoms with Gasteiger partial charge in [0.2, 0.25) is 35.4 Å². The average molecular weight is 515 g/mol. The van der Waals surface area contributed by atoms with Gasteiger partial charge in [-0.25, -0.2) is 0 Å². The van der Waals surface area contributed by atoms with E-state index < -0.39 is 65.7 Å². The summed E-state index contributed by atoms with van der Waals surface area (Å²) < 4.78 is 0. The molecule has 0 aliphatic carbocycles. The molecule has 0 aromatic rings. The lowest BCUT2D eigenvalue weighted by Gasteiger charge is -2.28. The molecular weight excluding hydrogens is 472 g/mol. The number of aliphatic hydroxyl groups is 1. The van der Waals surface area contributed by atoms with Crippen molar-refractivity contribution < 1.29 is 33.9 Å². The van der Waals surface area contributed by atoms with Crippen LogP contribution in [0.25, 0.3) is 0 Å². The molecule has 0 unspecified atom stereocenters. The van der Waals surface area contributed by atoms with Crippen LogP contribution in [-0.2, 0) is 28.8 Å². The van der Waals surface area contributed by atoms with Gasteiger partial charge in [0.25, 0.3) is 0 Å². The minimum atomic E-state index is -1.28. The largest absolute Gasteiger partial charge is 0.390 e. The first-order valence-corrected chi connectivity index (χ1v) is 12.0. The Morgan fingerprint density at radius 2 is 1.42 bits per heavy atom. The third kappa shape index (κ3) is 13.0. The molecule has 0 bridgehead atoms. The first-order valence-electron chi connectivity index (χ1n) is 12.0. The van der Waals surface area contributed by atoms with Gasteiger partial charge in [0.05, 0.1) is 18.6 Å². The van der Waals surface area contributed by atoms with Crippen molar-refractivity contribution in [2.24, 2.45) is 23.3 Å². The summed E-state index contributed by atoms with van der Waals surface area (Å²) in [5, 5.41) is 20.7. The van der Waals surface area contributed by atoms with Crippen LogP contribution in [0, 0.1) is 11.8 Å². The van der Waals surface area contributed by atoms with E-state index >= 15 is 0 Å². The van der Waals surface area contributed by atoms with Crippen molar-refractivity contribution in [1.29, 1.82) is 0 Å². The summed E-state index contributed by atoms with van der Waals surface area (Å²) in [7, 11) is 0. The van der Waals surface area contributed by atoms with Crippen LogP contribution in [0.5, 0.6) is 0 Å². The highest BCUT2D eigenvalue weighted by molar-refractivity contribution is 5.92. The summed E-state index contributed by atoms with van der Waals surface area (Å²) in [5.41, 5.74) is 10.4. The molecule has 0 saturated carbocycles. The van der Waals surface area contributed by atoms with Gasteiger partial charge in [-0.1, -0.05) is 27.7 Å². The van der Waals surface area contributed by atoms with E-state index in [1.54, 1.807) is 13.8 Å². The standard InChI is InChI=1S/C23H42N6O7/c1-11(2)9-16(17(31)10-19(33)29-20(12(3)4)21(25)34)28-22(35)13(5)26-23(36)15(27-14(6)30)7-8-18(24)32/h11-13,15-17,20,31H,7-10H2,1-6H3,(H2,24,32)(H2,25,34)(H,26,36)(H,27,30)(H,28,35)(H,29,33)/t13-,15-,16-,17-,20-/m0/s1. The Balaban J connectivity index is 5.25. The molecule has 0 spiro atoms. The van der Waals surface area contributed by atoms with Crippen molar-refractivity contribution in [2.75, 3.05) is 0 Å². The molecule has 13 heteroatoms. The molecule has 0 radical (unpaired) electrons. The maximum atomic E-state index is 12.8. The summed E-state index contributed by atoms with van der Waals surface area (Å²) in [6.07, 6.45) is -1.51.